The van der Waals surface area contributed by atoms with Crippen molar-refractivity contribution in [1.29, 1.82) is 0 Å². The summed E-state index contributed by atoms with van der Waals surface area (Å²) >= 11 is 0. The molecule has 0 amide bonds. The molecular weight excluding hydrogens is 477 g/mol. The Labute approximate surface area is 217 Å². The highest BCUT2D eigenvalue weighted by atomic mass is 19.2. The van der Waals surface area contributed by atoms with Crippen molar-refractivity contribution in [3.8, 4) is 22.6 Å². The molecule has 1 aliphatic rings. The third-order valence-electron chi connectivity index (χ3n) is 7.26. The average Bonchev–Trinajstić information content (AvgIpc) is 2.91. The zero-order chi connectivity index (χ0) is 26.4. The summed E-state index contributed by atoms with van der Waals surface area (Å²) in [6.07, 6.45) is 4.47. The maximum absolute atomic E-state index is 14.9. The van der Waals surface area contributed by atoms with Gasteiger partial charge in [-0.25, -0.2) is 8.78 Å². The summed E-state index contributed by atoms with van der Waals surface area (Å²) in [5, 5.41) is 10.1. The van der Waals surface area contributed by atoms with Crippen LogP contribution in [0.2, 0.25) is 0 Å². The van der Waals surface area contributed by atoms with Gasteiger partial charge in [-0.3, -0.25) is 0 Å². The molecule has 3 aromatic rings. The summed E-state index contributed by atoms with van der Waals surface area (Å²) in [4.78, 5) is 0. The summed E-state index contributed by atoms with van der Waals surface area (Å²) in [6.45, 7) is 4.55. The fraction of sp³-hybridized carbons (Fsp3) is 0.419. The number of hydrogen-bond acceptors (Lipinski definition) is 3. The van der Waals surface area contributed by atoms with Gasteiger partial charge in [0.2, 0.25) is 5.82 Å². The van der Waals surface area contributed by atoms with Crippen LogP contribution in [0, 0.1) is 23.4 Å². The van der Waals surface area contributed by atoms with Crippen LogP contribution in [0.3, 0.4) is 0 Å². The molecule has 0 aromatic heterocycles. The Morgan fingerprint density at radius 3 is 2.19 bits per heavy atom. The van der Waals surface area contributed by atoms with Gasteiger partial charge in [-0.15, -0.1) is 0 Å². The van der Waals surface area contributed by atoms with E-state index >= 15 is 0 Å². The third kappa shape index (κ3) is 6.48. The van der Waals surface area contributed by atoms with Crippen LogP contribution >= 0.6 is 0 Å². The molecule has 0 aliphatic heterocycles. The van der Waals surface area contributed by atoms with Crippen LogP contribution in [0.5, 0.6) is 11.5 Å². The van der Waals surface area contributed by atoms with Gasteiger partial charge in [0.1, 0.15) is 0 Å². The van der Waals surface area contributed by atoms with Crippen LogP contribution in [-0.2, 0) is 0 Å². The Bertz CT molecular complexity index is 1170. The van der Waals surface area contributed by atoms with E-state index in [1.165, 1.54) is 12.1 Å². The van der Waals surface area contributed by atoms with Gasteiger partial charge in [0.25, 0.3) is 0 Å². The van der Waals surface area contributed by atoms with Crippen molar-refractivity contribution in [3.63, 3.8) is 0 Å². The molecule has 1 aliphatic carbocycles. The lowest BCUT2D eigenvalue weighted by atomic mass is 9.79. The molecule has 0 radical (unpaired) electrons. The van der Waals surface area contributed by atoms with E-state index in [2.05, 4.69) is 0 Å². The zero-order valence-corrected chi connectivity index (χ0v) is 21.5. The molecule has 1 unspecified atom stereocenters. The quantitative estimate of drug-likeness (QED) is 0.297. The van der Waals surface area contributed by atoms with Gasteiger partial charge in [-0.05, 0) is 91.8 Å². The average molecular weight is 513 g/mol. The fourth-order valence-electron chi connectivity index (χ4n) is 5.10. The summed E-state index contributed by atoms with van der Waals surface area (Å²) in [6, 6.07) is 15.1. The molecule has 37 heavy (non-hydrogen) atoms. The van der Waals surface area contributed by atoms with E-state index in [1.54, 1.807) is 36.4 Å². The van der Waals surface area contributed by atoms with E-state index in [4.69, 9.17) is 9.47 Å². The van der Waals surface area contributed by atoms with Crippen molar-refractivity contribution >= 4 is 0 Å². The Hall–Kier alpha value is -2.99. The zero-order valence-electron chi connectivity index (χ0n) is 21.5. The van der Waals surface area contributed by atoms with Crippen LogP contribution < -0.4 is 9.47 Å². The predicted molar refractivity (Wildman–Crippen MR) is 139 cm³/mol. The normalized spacial score (nSPS) is 18.4. The molecule has 0 spiro atoms. The highest BCUT2D eigenvalue weighted by Gasteiger charge is 2.25. The molecule has 0 bridgehead atoms. The van der Waals surface area contributed by atoms with Gasteiger partial charge in [0.05, 0.1) is 19.3 Å². The summed E-state index contributed by atoms with van der Waals surface area (Å²) in [5.41, 5.74) is 2.43. The van der Waals surface area contributed by atoms with E-state index < -0.39 is 17.7 Å². The minimum Gasteiger partial charge on any atom is -0.491 e. The second-order valence-corrected chi connectivity index (χ2v) is 9.82. The molecule has 198 valence electrons. The van der Waals surface area contributed by atoms with Gasteiger partial charge in [-0.1, -0.05) is 43.7 Å². The van der Waals surface area contributed by atoms with Crippen molar-refractivity contribution in [2.75, 3.05) is 13.2 Å². The lowest BCUT2D eigenvalue weighted by Crippen LogP contribution is -2.19. The van der Waals surface area contributed by atoms with Gasteiger partial charge >= 0.3 is 0 Å². The minimum atomic E-state index is -0.994. The molecule has 1 fully saturated rings. The van der Waals surface area contributed by atoms with Crippen molar-refractivity contribution in [3.05, 3.63) is 83.2 Å². The van der Waals surface area contributed by atoms with E-state index in [0.717, 1.165) is 43.2 Å². The largest absolute Gasteiger partial charge is 0.491 e. The van der Waals surface area contributed by atoms with E-state index in [9.17, 15) is 18.3 Å². The van der Waals surface area contributed by atoms with Crippen LogP contribution in [0.1, 0.15) is 75.5 Å². The van der Waals surface area contributed by atoms with Crippen molar-refractivity contribution in [2.45, 2.75) is 64.4 Å². The molecule has 3 nitrogen and oxygen atoms in total. The molecule has 3 aromatic carbocycles. The molecular formula is C31H35F3O3. The van der Waals surface area contributed by atoms with Crippen molar-refractivity contribution in [2.24, 2.45) is 5.92 Å². The van der Waals surface area contributed by atoms with E-state index in [-0.39, 0.29) is 34.7 Å². The number of ether oxygens (including phenoxy) is 2. The Morgan fingerprint density at radius 2 is 1.54 bits per heavy atom. The highest BCUT2D eigenvalue weighted by Crippen LogP contribution is 2.38. The number of aliphatic hydroxyl groups excluding tert-OH is 1. The standard InChI is InChI=1S/C31H35F3O3/c1-3-5-27(35)23-12-10-22(11-13-23)25-15-17-29(31(34)30(25)33)37-19-20-6-8-21(9-7-20)24-14-16-28(36-4-2)26(32)18-24/h10-18,20-21,27,35H,3-9,19H2,1-2H3. The van der Waals surface area contributed by atoms with Crippen molar-refractivity contribution in [1.82, 2.24) is 0 Å². The summed E-state index contributed by atoms with van der Waals surface area (Å²) in [5.74, 6) is -1.59. The Morgan fingerprint density at radius 1 is 0.838 bits per heavy atom. The van der Waals surface area contributed by atoms with Crippen molar-refractivity contribution < 1.29 is 27.8 Å². The SMILES string of the molecule is CCCC(O)c1ccc(-c2ccc(OCC3CCC(c4ccc(OCC)c(F)c4)CC3)c(F)c2F)cc1. The first-order chi connectivity index (χ1) is 17.9. The van der Waals surface area contributed by atoms with E-state index in [0.29, 0.717) is 25.2 Å². The molecule has 0 saturated heterocycles. The lowest BCUT2D eigenvalue weighted by Gasteiger charge is -2.29. The van der Waals surface area contributed by atoms with Gasteiger partial charge in [0.15, 0.2) is 23.1 Å². The number of aliphatic hydroxyl groups is 1. The smallest absolute Gasteiger partial charge is 0.201 e. The summed E-state index contributed by atoms with van der Waals surface area (Å²) < 4.78 is 55.0. The van der Waals surface area contributed by atoms with Crippen LogP contribution in [0.4, 0.5) is 13.2 Å². The Kier molecular flexibility index (Phi) is 9.14. The fourth-order valence-corrected chi connectivity index (χ4v) is 5.10. The van der Waals surface area contributed by atoms with Gasteiger partial charge in [-0.2, -0.15) is 4.39 Å². The van der Waals surface area contributed by atoms with E-state index in [1.807, 2.05) is 19.9 Å². The maximum Gasteiger partial charge on any atom is 0.201 e. The number of hydrogen-bond donors (Lipinski definition) is 1. The van der Waals surface area contributed by atoms with Gasteiger partial charge in [0, 0.05) is 5.56 Å². The van der Waals surface area contributed by atoms with Crippen LogP contribution in [0.15, 0.2) is 54.6 Å². The first kappa shape index (κ1) is 27.1. The number of halogens is 3. The molecule has 1 atom stereocenters. The second kappa shape index (κ2) is 12.5. The molecule has 1 saturated carbocycles. The second-order valence-electron chi connectivity index (χ2n) is 9.82. The monoisotopic (exact) mass is 512 g/mol. The highest BCUT2D eigenvalue weighted by molar-refractivity contribution is 5.65. The molecule has 1 N–H and O–H groups in total. The molecule has 0 heterocycles. The summed E-state index contributed by atoms with van der Waals surface area (Å²) in [7, 11) is 0. The van der Waals surface area contributed by atoms with Crippen LogP contribution in [0.25, 0.3) is 11.1 Å². The molecule has 6 heteroatoms. The first-order valence-electron chi connectivity index (χ1n) is 13.2. The van der Waals surface area contributed by atoms with Gasteiger partial charge < -0.3 is 14.6 Å². The number of rotatable bonds is 10. The van der Waals surface area contributed by atoms with Crippen LogP contribution in [-0.4, -0.2) is 18.3 Å². The predicted octanol–water partition coefficient (Wildman–Crippen LogP) is 8.36. The maximum atomic E-state index is 14.9. The topological polar surface area (TPSA) is 38.7 Å². The third-order valence-corrected chi connectivity index (χ3v) is 7.26. The Balaban J connectivity index is 1.33. The number of benzene rings is 3. The lowest BCUT2D eigenvalue weighted by molar-refractivity contribution is 0.166. The minimum absolute atomic E-state index is 0.0908. The first-order valence-corrected chi connectivity index (χ1v) is 13.2. The molecule has 4 rings (SSSR count).